The number of ether oxygens (including phenoxy) is 2. The maximum Gasteiger partial charge on any atom is 0.193 e. The highest BCUT2D eigenvalue weighted by atomic mass is 127. The van der Waals surface area contributed by atoms with Crippen LogP contribution in [0.4, 0.5) is 0 Å². The Labute approximate surface area is 174 Å². The van der Waals surface area contributed by atoms with Crippen molar-refractivity contribution in [3.63, 3.8) is 0 Å². The number of nitrogens with zero attached hydrogens (tertiary/aromatic N) is 3. The van der Waals surface area contributed by atoms with Crippen molar-refractivity contribution >= 4 is 29.9 Å². The number of hydrogen-bond donors (Lipinski definition) is 1. The molecule has 0 bridgehead atoms. The maximum atomic E-state index is 6.10. The van der Waals surface area contributed by atoms with Crippen LogP contribution in [0.5, 0.6) is 0 Å². The Hall–Kier alpha value is -0.800. The smallest absolute Gasteiger partial charge is 0.193 e. The molecule has 0 aromatic carbocycles. The summed E-state index contributed by atoms with van der Waals surface area (Å²) in [5, 5.41) is 3.48. The monoisotopic (exact) mass is 476 g/mol. The molecule has 6 nitrogen and oxygen atoms in total. The molecule has 3 heterocycles. The Morgan fingerprint density at radius 3 is 2.73 bits per heavy atom. The lowest BCUT2D eigenvalue weighted by molar-refractivity contribution is -0.0721. The zero-order valence-electron chi connectivity index (χ0n) is 16.0. The van der Waals surface area contributed by atoms with Gasteiger partial charge < -0.3 is 24.3 Å². The standard InChI is InChI=1S/C19H32N4O2.HI/c1-20-19(21-14-16-6-5-10-22(16)2)23-11-8-17(9-12-23)25-15-18-7-3-4-13-24-18;/h5-6,10,17-18H,3-4,7-9,11-15H2,1-2H3,(H,20,21);1H. The van der Waals surface area contributed by atoms with E-state index in [9.17, 15) is 0 Å². The zero-order valence-corrected chi connectivity index (χ0v) is 18.4. The second-order valence-electron chi connectivity index (χ2n) is 7.02. The molecule has 148 valence electrons. The van der Waals surface area contributed by atoms with Gasteiger partial charge in [0, 0.05) is 45.7 Å². The molecule has 1 atom stereocenters. The normalized spacial score (nSPS) is 22.2. The van der Waals surface area contributed by atoms with Crippen LogP contribution < -0.4 is 5.32 Å². The summed E-state index contributed by atoms with van der Waals surface area (Å²) in [6.07, 6.45) is 8.46. The minimum Gasteiger partial charge on any atom is -0.376 e. The molecule has 2 fully saturated rings. The molecule has 2 aliphatic heterocycles. The van der Waals surface area contributed by atoms with E-state index in [2.05, 4.69) is 45.2 Å². The molecular weight excluding hydrogens is 443 g/mol. The van der Waals surface area contributed by atoms with Crippen LogP contribution in [0.25, 0.3) is 0 Å². The summed E-state index contributed by atoms with van der Waals surface area (Å²) in [5.41, 5.74) is 1.26. The molecule has 0 saturated carbocycles. The third kappa shape index (κ3) is 6.13. The summed E-state index contributed by atoms with van der Waals surface area (Å²) in [4.78, 5) is 6.78. The van der Waals surface area contributed by atoms with Gasteiger partial charge in [-0.25, -0.2) is 0 Å². The first-order valence-corrected chi connectivity index (χ1v) is 9.55. The van der Waals surface area contributed by atoms with E-state index in [4.69, 9.17) is 9.47 Å². The van der Waals surface area contributed by atoms with Crippen LogP contribution in [-0.4, -0.2) is 61.0 Å². The van der Waals surface area contributed by atoms with Crippen LogP contribution in [0.15, 0.2) is 23.3 Å². The molecule has 1 N–H and O–H groups in total. The maximum absolute atomic E-state index is 6.10. The number of aromatic nitrogens is 1. The predicted octanol–water partition coefficient (Wildman–Crippen LogP) is 2.77. The quantitative estimate of drug-likeness (QED) is 0.404. The Morgan fingerprint density at radius 1 is 1.31 bits per heavy atom. The molecule has 3 rings (SSSR count). The molecule has 0 spiro atoms. The third-order valence-corrected chi connectivity index (χ3v) is 5.22. The molecule has 26 heavy (non-hydrogen) atoms. The van der Waals surface area contributed by atoms with Gasteiger partial charge in [0.25, 0.3) is 0 Å². The van der Waals surface area contributed by atoms with E-state index in [1.807, 2.05) is 7.05 Å². The van der Waals surface area contributed by atoms with Gasteiger partial charge in [0.15, 0.2) is 5.96 Å². The molecule has 0 radical (unpaired) electrons. The van der Waals surface area contributed by atoms with Crippen LogP contribution >= 0.6 is 24.0 Å². The first kappa shape index (κ1) is 21.5. The van der Waals surface area contributed by atoms with Crippen molar-refractivity contribution in [2.24, 2.45) is 12.0 Å². The molecule has 1 aromatic rings. The Morgan fingerprint density at radius 2 is 2.12 bits per heavy atom. The van der Waals surface area contributed by atoms with Crippen molar-refractivity contribution in [2.75, 3.05) is 33.4 Å². The number of rotatable bonds is 5. The average molecular weight is 476 g/mol. The predicted molar refractivity (Wildman–Crippen MR) is 115 cm³/mol. The number of halogens is 1. The summed E-state index contributed by atoms with van der Waals surface area (Å²) < 4.78 is 14.0. The lowest BCUT2D eigenvalue weighted by atomic mass is 10.1. The van der Waals surface area contributed by atoms with Gasteiger partial charge in [0.2, 0.25) is 0 Å². The lowest BCUT2D eigenvalue weighted by Crippen LogP contribution is -2.47. The van der Waals surface area contributed by atoms with Gasteiger partial charge in [0.05, 0.1) is 25.4 Å². The Balaban J connectivity index is 0.00000243. The second kappa shape index (κ2) is 11.1. The van der Waals surface area contributed by atoms with E-state index in [0.29, 0.717) is 12.2 Å². The van der Waals surface area contributed by atoms with E-state index >= 15 is 0 Å². The second-order valence-corrected chi connectivity index (χ2v) is 7.02. The van der Waals surface area contributed by atoms with Gasteiger partial charge in [-0.1, -0.05) is 0 Å². The average Bonchev–Trinajstić information content (AvgIpc) is 3.07. The first-order chi connectivity index (χ1) is 12.3. The number of guanidine groups is 1. The van der Waals surface area contributed by atoms with Crippen LogP contribution in [-0.2, 0) is 23.1 Å². The molecule has 2 aliphatic rings. The van der Waals surface area contributed by atoms with E-state index < -0.39 is 0 Å². The number of aliphatic imine (C=N–C) groups is 1. The van der Waals surface area contributed by atoms with Crippen LogP contribution in [0, 0.1) is 0 Å². The minimum atomic E-state index is 0. The van der Waals surface area contributed by atoms with Crippen molar-refractivity contribution in [1.82, 2.24) is 14.8 Å². The first-order valence-electron chi connectivity index (χ1n) is 9.55. The van der Waals surface area contributed by atoms with Gasteiger partial charge in [0.1, 0.15) is 0 Å². The fourth-order valence-corrected chi connectivity index (χ4v) is 3.60. The lowest BCUT2D eigenvalue weighted by Gasteiger charge is -2.35. The molecule has 7 heteroatoms. The number of likely N-dealkylation sites (tertiary alicyclic amines) is 1. The summed E-state index contributed by atoms with van der Waals surface area (Å²) in [5.74, 6) is 0.982. The molecule has 1 unspecified atom stereocenters. The Kier molecular flexibility index (Phi) is 9.21. The molecular formula is C19H33IN4O2. The zero-order chi connectivity index (χ0) is 17.5. The topological polar surface area (TPSA) is 51.0 Å². The van der Waals surface area contributed by atoms with Crippen molar-refractivity contribution in [3.05, 3.63) is 24.0 Å². The van der Waals surface area contributed by atoms with Gasteiger partial charge in [-0.3, -0.25) is 4.99 Å². The number of nitrogens with one attached hydrogen (secondary N) is 1. The van der Waals surface area contributed by atoms with Gasteiger partial charge in [-0.2, -0.15) is 0 Å². The molecule has 0 amide bonds. The fourth-order valence-electron chi connectivity index (χ4n) is 3.60. The fraction of sp³-hybridized carbons (Fsp3) is 0.737. The summed E-state index contributed by atoms with van der Waals surface area (Å²) in [6.45, 7) is 4.43. The van der Waals surface area contributed by atoms with Crippen LogP contribution in [0.1, 0.15) is 37.8 Å². The summed E-state index contributed by atoms with van der Waals surface area (Å²) in [7, 11) is 3.93. The SMILES string of the molecule is CN=C(NCc1cccn1C)N1CCC(OCC2CCCCO2)CC1.I. The molecule has 1 aromatic heterocycles. The highest BCUT2D eigenvalue weighted by Crippen LogP contribution is 2.18. The van der Waals surface area contributed by atoms with Gasteiger partial charge in [-0.15, -0.1) is 24.0 Å². The van der Waals surface area contributed by atoms with Crippen LogP contribution in [0.3, 0.4) is 0 Å². The molecule has 0 aliphatic carbocycles. The largest absolute Gasteiger partial charge is 0.376 e. The van der Waals surface area contributed by atoms with Crippen molar-refractivity contribution < 1.29 is 9.47 Å². The number of piperidine rings is 1. The van der Waals surface area contributed by atoms with Crippen LogP contribution in [0.2, 0.25) is 0 Å². The van der Waals surface area contributed by atoms with Crippen molar-refractivity contribution in [3.8, 4) is 0 Å². The highest BCUT2D eigenvalue weighted by molar-refractivity contribution is 14.0. The van der Waals surface area contributed by atoms with E-state index in [0.717, 1.165) is 58.1 Å². The van der Waals surface area contributed by atoms with E-state index in [-0.39, 0.29) is 24.0 Å². The summed E-state index contributed by atoms with van der Waals surface area (Å²) in [6, 6.07) is 4.20. The van der Waals surface area contributed by atoms with Gasteiger partial charge in [-0.05, 0) is 44.2 Å². The minimum absolute atomic E-state index is 0. The van der Waals surface area contributed by atoms with Gasteiger partial charge >= 0.3 is 0 Å². The third-order valence-electron chi connectivity index (χ3n) is 5.22. The number of hydrogen-bond acceptors (Lipinski definition) is 3. The van der Waals surface area contributed by atoms with Crippen molar-refractivity contribution in [1.29, 1.82) is 0 Å². The van der Waals surface area contributed by atoms with Crippen molar-refractivity contribution in [2.45, 2.75) is 50.9 Å². The van der Waals surface area contributed by atoms with E-state index in [1.54, 1.807) is 0 Å². The Bertz CT molecular complexity index is 549. The highest BCUT2D eigenvalue weighted by Gasteiger charge is 2.23. The van der Waals surface area contributed by atoms with E-state index in [1.165, 1.54) is 18.5 Å². The molecule has 2 saturated heterocycles. The summed E-state index contributed by atoms with van der Waals surface area (Å²) >= 11 is 0. The number of aryl methyl sites for hydroxylation is 1.